The van der Waals surface area contributed by atoms with Crippen molar-refractivity contribution in [2.75, 3.05) is 0 Å². The molecule has 0 aliphatic heterocycles. The molecule has 0 bridgehead atoms. The van der Waals surface area contributed by atoms with Crippen LogP contribution in [0.3, 0.4) is 0 Å². The second kappa shape index (κ2) is 6.39. The molecule has 0 saturated carbocycles. The first-order chi connectivity index (χ1) is 13.6. The maximum Gasteiger partial charge on any atom is 0.275 e. The monoisotopic (exact) mass is 384 g/mol. The Labute approximate surface area is 167 Å². The third kappa shape index (κ3) is 2.48. The van der Waals surface area contributed by atoms with Crippen molar-refractivity contribution in [3.8, 4) is 16.8 Å². The van der Waals surface area contributed by atoms with Crippen molar-refractivity contribution in [1.29, 1.82) is 0 Å². The van der Waals surface area contributed by atoms with Gasteiger partial charge in [0.25, 0.3) is 5.56 Å². The van der Waals surface area contributed by atoms with E-state index >= 15 is 0 Å². The summed E-state index contributed by atoms with van der Waals surface area (Å²) in [6, 6.07) is 25.8. The number of rotatable bonds is 2. The van der Waals surface area contributed by atoms with Gasteiger partial charge in [-0.15, -0.1) is 0 Å². The molecule has 136 valence electrons. The summed E-state index contributed by atoms with van der Waals surface area (Å²) in [5.74, 6) is 0. The molecular weight excluding hydrogens is 368 g/mol. The van der Waals surface area contributed by atoms with E-state index in [1.165, 1.54) is 0 Å². The number of hydrogen-bond acceptors (Lipinski definition) is 1. The number of benzene rings is 3. The molecule has 3 nitrogen and oxygen atoms in total. The molecule has 0 aliphatic rings. The van der Waals surface area contributed by atoms with Gasteiger partial charge in [0.1, 0.15) is 5.69 Å². The summed E-state index contributed by atoms with van der Waals surface area (Å²) in [5.41, 5.74) is 4.31. The van der Waals surface area contributed by atoms with Crippen LogP contribution in [0.15, 0.2) is 89.9 Å². The molecule has 2 heterocycles. The Bertz CT molecular complexity index is 1400. The Morgan fingerprint density at radius 1 is 0.821 bits per heavy atom. The second-order valence-corrected chi connectivity index (χ2v) is 7.30. The van der Waals surface area contributed by atoms with Gasteiger partial charge in [-0.05, 0) is 41.3 Å². The highest BCUT2D eigenvalue weighted by Crippen LogP contribution is 2.35. The number of nitrogens with zero attached hydrogens (tertiary/aromatic N) is 2. The van der Waals surface area contributed by atoms with E-state index in [-0.39, 0.29) is 5.56 Å². The van der Waals surface area contributed by atoms with E-state index in [1.54, 1.807) is 4.57 Å². The van der Waals surface area contributed by atoms with Gasteiger partial charge in [-0.2, -0.15) is 0 Å². The van der Waals surface area contributed by atoms with E-state index in [0.29, 0.717) is 10.7 Å². The predicted octanol–water partition coefficient (Wildman–Crippen LogP) is 5.80. The van der Waals surface area contributed by atoms with Gasteiger partial charge >= 0.3 is 0 Å². The zero-order valence-electron chi connectivity index (χ0n) is 15.3. The summed E-state index contributed by atoms with van der Waals surface area (Å²) in [7, 11) is 1.81. The smallest absolute Gasteiger partial charge is 0.275 e. The summed E-state index contributed by atoms with van der Waals surface area (Å²) >= 11 is 6.35. The van der Waals surface area contributed by atoms with Gasteiger partial charge in [0.2, 0.25) is 0 Å². The van der Waals surface area contributed by atoms with Crippen molar-refractivity contribution in [3.63, 3.8) is 0 Å². The maximum atomic E-state index is 13.5. The van der Waals surface area contributed by atoms with E-state index < -0.39 is 0 Å². The second-order valence-electron chi connectivity index (χ2n) is 6.86. The Morgan fingerprint density at radius 3 is 2.39 bits per heavy atom. The van der Waals surface area contributed by atoms with E-state index in [0.717, 1.165) is 32.9 Å². The van der Waals surface area contributed by atoms with Crippen LogP contribution >= 0.6 is 11.6 Å². The standard InChI is InChI=1S/C24H17ClN2O/c1-26-21-12-11-18(25)15-19(21)22(17-8-3-2-4-9-17)23(24(26)28)27-14-13-16-7-5-6-10-20(16)27/h2-15H,1H3. The average Bonchev–Trinajstić information content (AvgIpc) is 3.15. The highest BCUT2D eigenvalue weighted by Gasteiger charge is 2.19. The summed E-state index contributed by atoms with van der Waals surface area (Å²) in [4.78, 5) is 13.5. The van der Waals surface area contributed by atoms with Crippen LogP contribution in [0.4, 0.5) is 0 Å². The Balaban J connectivity index is 2.02. The molecule has 28 heavy (non-hydrogen) atoms. The van der Waals surface area contributed by atoms with Gasteiger partial charge in [0.05, 0.1) is 11.0 Å². The normalized spacial score (nSPS) is 11.4. The first kappa shape index (κ1) is 16.8. The molecule has 0 saturated heterocycles. The molecule has 0 fully saturated rings. The first-order valence-electron chi connectivity index (χ1n) is 9.09. The number of aromatic nitrogens is 2. The van der Waals surface area contributed by atoms with Gasteiger partial charge in [-0.3, -0.25) is 4.79 Å². The van der Waals surface area contributed by atoms with Crippen LogP contribution in [-0.2, 0) is 7.05 Å². The summed E-state index contributed by atoms with van der Waals surface area (Å²) in [6.45, 7) is 0. The minimum atomic E-state index is -0.0463. The molecule has 0 radical (unpaired) electrons. The fourth-order valence-electron chi connectivity index (χ4n) is 3.90. The lowest BCUT2D eigenvalue weighted by molar-refractivity contribution is 0.885. The third-order valence-corrected chi connectivity index (χ3v) is 5.47. The third-order valence-electron chi connectivity index (χ3n) is 5.24. The molecular formula is C24H17ClN2O. The van der Waals surface area contributed by atoms with Crippen molar-refractivity contribution in [3.05, 3.63) is 100 Å². The van der Waals surface area contributed by atoms with Gasteiger partial charge < -0.3 is 9.13 Å². The fraction of sp³-hybridized carbons (Fsp3) is 0.0417. The van der Waals surface area contributed by atoms with Crippen LogP contribution in [0.5, 0.6) is 0 Å². The highest BCUT2D eigenvalue weighted by molar-refractivity contribution is 6.31. The van der Waals surface area contributed by atoms with Gasteiger partial charge in [-0.25, -0.2) is 0 Å². The van der Waals surface area contributed by atoms with E-state index in [2.05, 4.69) is 6.07 Å². The van der Waals surface area contributed by atoms with Gasteiger partial charge in [0.15, 0.2) is 0 Å². The predicted molar refractivity (Wildman–Crippen MR) is 116 cm³/mol. The van der Waals surface area contributed by atoms with Crippen molar-refractivity contribution >= 4 is 33.4 Å². The molecule has 0 N–H and O–H groups in total. The van der Waals surface area contributed by atoms with Crippen molar-refractivity contribution in [2.45, 2.75) is 0 Å². The van der Waals surface area contributed by atoms with Gasteiger partial charge in [-0.1, -0.05) is 60.1 Å². The zero-order chi connectivity index (χ0) is 19.3. The average molecular weight is 385 g/mol. The minimum Gasteiger partial charge on any atom is -0.311 e. The first-order valence-corrected chi connectivity index (χ1v) is 9.47. The van der Waals surface area contributed by atoms with Crippen LogP contribution in [0.2, 0.25) is 5.02 Å². The largest absolute Gasteiger partial charge is 0.311 e. The minimum absolute atomic E-state index is 0.0463. The number of pyridine rings is 1. The Hall–Kier alpha value is -3.30. The Morgan fingerprint density at radius 2 is 1.57 bits per heavy atom. The molecule has 0 amide bonds. The van der Waals surface area contributed by atoms with Crippen molar-refractivity contribution < 1.29 is 0 Å². The topological polar surface area (TPSA) is 26.9 Å². The van der Waals surface area contributed by atoms with Crippen LogP contribution in [0, 0.1) is 0 Å². The molecule has 0 atom stereocenters. The van der Waals surface area contributed by atoms with E-state index in [1.807, 2.05) is 90.6 Å². The van der Waals surface area contributed by atoms with Crippen LogP contribution in [0.25, 0.3) is 38.6 Å². The molecule has 5 rings (SSSR count). The number of aryl methyl sites for hydroxylation is 1. The molecule has 3 aromatic carbocycles. The molecule has 0 spiro atoms. The maximum absolute atomic E-state index is 13.5. The van der Waals surface area contributed by atoms with Crippen LogP contribution < -0.4 is 5.56 Å². The number of hydrogen-bond donors (Lipinski definition) is 0. The fourth-order valence-corrected chi connectivity index (χ4v) is 4.07. The van der Waals surface area contributed by atoms with Crippen LogP contribution in [0.1, 0.15) is 0 Å². The lowest BCUT2D eigenvalue weighted by atomic mass is 9.98. The zero-order valence-corrected chi connectivity index (χ0v) is 16.0. The lowest BCUT2D eigenvalue weighted by Crippen LogP contribution is -2.23. The van der Waals surface area contributed by atoms with Crippen molar-refractivity contribution in [2.24, 2.45) is 7.05 Å². The van der Waals surface area contributed by atoms with Crippen LogP contribution in [-0.4, -0.2) is 9.13 Å². The molecule has 0 unspecified atom stereocenters. The molecule has 5 aromatic rings. The Kier molecular flexibility index (Phi) is 3.85. The van der Waals surface area contributed by atoms with Crippen molar-refractivity contribution in [1.82, 2.24) is 9.13 Å². The van der Waals surface area contributed by atoms with E-state index in [9.17, 15) is 4.79 Å². The lowest BCUT2D eigenvalue weighted by Gasteiger charge is -2.18. The molecule has 0 aliphatic carbocycles. The molecule has 2 aromatic heterocycles. The number of halogens is 1. The number of fused-ring (bicyclic) bond motifs is 2. The SMILES string of the molecule is Cn1c(=O)c(-n2ccc3ccccc32)c(-c2ccccc2)c2cc(Cl)ccc21. The molecule has 4 heteroatoms. The highest BCUT2D eigenvalue weighted by atomic mass is 35.5. The summed E-state index contributed by atoms with van der Waals surface area (Å²) < 4.78 is 3.68. The summed E-state index contributed by atoms with van der Waals surface area (Å²) in [5, 5.41) is 2.69. The quantitative estimate of drug-likeness (QED) is 0.377. The van der Waals surface area contributed by atoms with E-state index in [4.69, 9.17) is 11.6 Å². The van der Waals surface area contributed by atoms with Gasteiger partial charge in [0, 0.05) is 29.2 Å². The summed E-state index contributed by atoms with van der Waals surface area (Å²) in [6.07, 6.45) is 1.96. The number of para-hydroxylation sites is 1.